The van der Waals surface area contributed by atoms with Crippen LogP contribution >= 0.6 is 0 Å². The van der Waals surface area contributed by atoms with Crippen molar-refractivity contribution in [2.75, 3.05) is 20.2 Å². The Kier molecular flexibility index (Phi) is 4.32. The van der Waals surface area contributed by atoms with Gasteiger partial charge < -0.3 is 14.6 Å². The Morgan fingerprint density at radius 3 is 2.85 bits per heavy atom. The molecule has 0 spiro atoms. The smallest absolute Gasteiger partial charge is 0.253 e. The zero-order valence-electron chi connectivity index (χ0n) is 14.5. The van der Waals surface area contributed by atoms with Crippen LogP contribution in [-0.4, -0.2) is 41.0 Å². The lowest BCUT2D eigenvalue weighted by Gasteiger charge is -2.32. The fourth-order valence-electron chi connectivity index (χ4n) is 3.53. The Hall–Kier alpha value is -2.89. The lowest BCUT2D eigenvalue weighted by Crippen LogP contribution is -2.39. The molecule has 6 heteroatoms. The molecule has 1 atom stereocenters. The summed E-state index contributed by atoms with van der Waals surface area (Å²) in [6.45, 7) is 1.36. The second-order valence-corrected chi connectivity index (χ2v) is 6.61. The molecule has 3 aromatic rings. The molecular weight excluding hydrogens is 333 g/mol. The van der Waals surface area contributed by atoms with Gasteiger partial charge in [0.05, 0.1) is 18.1 Å². The van der Waals surface area contributed by atoms with Crippen molar-refractivity contribution >= 4 is 16.9 Å². The van der Waals surface area contributed by atoms with E-state index < -0.39 is 0 Å². The van der Waals surface area contributed by atoms with Crippen molar-refractivity contribution in [2.24, 2.45) is 0 Å². The number of methoxy groups -OCH3 is 1. The van der Waals surface area contributed by atoms with E-state index >= 15 is 0 Å². The van der Waals surface area contributed by atoms with Crippen LogP contribution in [-0.2, 0) is 0 Å². The fraction of sp³-hybridized carbons (Fsp3) is 0.300. The third kappa shape index (κ3) is 3.14. The standard InChI is InChI=1S/C20H20FN3O2/c1-26-19-9-8-16-18(23-19)11-17(22-16)14-3-2-10-24(12-14)20(25)13-4-6-15(21)7-5-13/h4-9,11,14,22H,2-3,10,12H2,1H3. The first-order chi connectivity index (χ1) is 12.6. The van der Waals surface area contributed by atoms with Crippen LogP contribution in [0.5, 0.6) is 5.88 Å². The number of aromatic nitrogens is 2. The van der Waals surface area contributed by atoms with Crippen molar-refractivity contribution in [1.29, 1.82) is 0 Å². The average Bonchev–Trinajstić information content (AvgIpc) is 3.11. The lowest BCUT2D eigenvalue weighted by molar-refractivity contribution is 0.0706. The van der Waals surface area contributed by atoms with Crippen LogP contribution in [0.3, 0.4) is 0 Å². The number of amides is 1. The van der Waals surface area contributed by atoms with Crippen LogP contribution in [0.2, 0.25) is 0 Å². The number of likely N-dealkylation sites (tertiary alicyclic amines) is 1. The normalized spacial score (nSPS) is 17.5. The van der Waals surface area contributed by atoms with E-state index in [2.05, 4.69) is 9.97 Å². The van der Waals surface area contributed by atoms with Gasteiger partial charge in [0.1, 0.15) is 5.82 Å². The topological polar surface area (TPSA) is 58.2 Å². The maximum Gasteiger partial charge on any atom is 0.253 e. The van der Waals surface area contributed by atoms with Gasteiger partial charge in [-0.25, -0.2) is 9.37 Å². The summed E-state index contributed by atoms with van der Waals surface area (Å²) in [5.74, 6) is 0.429. The Bertz CT molecular complexity index is 936. The third-order valence-electron chi connectivity index (χ3n) is 4.92. The van der Waals surface area contributed by atoms with Crippen molar-refractivity contribution in [3.8, 4) is 5.88 Å². The predicted molar refractivity (Wildman–Crippen MR) is 96.9 cm³/mol. The lowest BCUT2D eigenvalue weighted by atomic mass is 9.94. The van der Waals surface area contributed by atoms with Crippen molar-refractivity contribution in [3.63, 3.8) is 0 Å². The van der Waals surface area contributed by atoms with E-state index in [-0.39, 0.29) is 17.6 Å². The molecular formula is C20H20FN3O2. The summed E-state index contributed by atoms with van der Waals surface area (Å²) >= 11 is 0. The van der Waals surface area contributed by atoms with Crippen molar-refractivity contribution in [2.45, 2.75) is 18.8 Å². The van der Waals surface area contributed by atoms with Gasteiger partial charge in [-0.3, -0.25) is 4.79 Å². The molecule has 4 rings (SSSR count). The SMILES string of the molecule is COc1ccc2[nH]c(C3CCCN(C(=O)c4ccc(F)cc4)C3)cc2n1. The van der Waals surface area contributed by atoms with Gasteiger partial charge in [-0.15, -0.1) is 0 Å². The first-order valence-corrected chi connectivity index (χ1v) is 8.72. The summed E-state index contributed by atoms with van der Waals surface area (Å²) in [5.41, 5.74) is 3.43. The number of hydrogen-bond donors (Lipinski definition) is 1. The minimum atomic E-state index is -0.334. The second-order valence-electron chi connectivity index (χ2n) is 6.61. The predicted octanol–water partition coefficient (Wildman–Crippen LogP) is 3.73. The molecule has 0 radical (unpaired) electrons. The van der Waals surface area contributed by atoms with Gasteiger partial charge in [0, 0.05) is 36.3 Å². The van der Waals surface area contributed by atoms with E-state index in [1.54, 1.807) is 19.2 Å². The summed E-state index contributed by atoms with van der Waals surface area (Å²) in [7, 11) is 1.60. The molecule has 1 aliphatic rings. The molecule has 0 aliphatic carbocycles. The largest absolute Gasteiger partial charge is 0.481 e. The van der Waals surface area contributed by atoms with Crippen LogP contribution in [0.25, 0.3) is 11.0 Å². The van der Waals surface area contributed by atoms with Gasteiger partial charge in [-0.05, 0) is 49.2 Å². The minimum Gasteiger partial charge on any atom is -0.481 e. The highest BCUT2D eigenvalue weighted by atomic mass is 19.1. The van der Waals surface area contributed by atoms with Crippen molar-refractivity contribution in [3.05, 3.63) is 59.5 Å². The van der Waals surface area contributed by atoms with Gasteiger partial charge in [-0.1, -0.05) is 0 Å². The number of hydrogen-bond acceptors (Lipinski definition) is 3. The summed E-state index contributed by atoms with van der Waals surface area (Å²) < 4.78 is 18.3. The van der Waals surface area contributed by atoms with Gasteiger partial charge in [0.2, 0.25) is 5.88 Å². The molecule has 5 nitrogen and oxygen atoms in total. The van der Waals surface area contributed by atoms with Crippen LogP contribution in [0, 0.1) is 5.82 Å². The van der Waals surface area contributed by atoms with Gasteiger partial charge in [0.25, 0.3) is 5.91 Å². The molecule has 1 fully saturated rings. The van der Waals surface area contributed by atoms with E-state index in [1.165, 1.54) is 12.1 Å². The molecule has 3 heterocycles. The molecule has 1 unspecified atom stereocenters. The van der Waals surface area contributed by atoms with E-state index in [9.17, 15) is 9.18 Å². The molecule has 0 bridgehead atoms. The summed E-state index contributed by atoms with van der Waals surface area (Å²) in [6.07, 6.45) is 1.95. The highest BCUT2D eigenvalue weighted by molar-refractivity contribution is 5.94. The Labute approximate surface area is 150 Å². The van der Waals surface area contributed by atoms with Gasteiger partial charge in [-0.2, -0.15) is 0 Å². The number of ether oxygens (including phenoxy) is 1. The number of nitrogens with zero attached hydrogens (tertiary/aromatic N) is 2. The number of pyridine rings is 1. The van der Waals surface area contributed by atoms with Crippen LogP contribution in [0.1, 0.15) is 34.8 Å². The van der Waals surface area contributed by atoms with Gasteiger partial charge in [0.15, 0.2) is 0 Å². The molecule has 1 aromatic carbocycles. The van der Waals surface area contributed by atoms with Crippen molar-refractivity contribution < 1.29 is 13.9 Å². The molecule has 1 aliphatic heterocycles. The summed E-state index contributed by atoms with van der Waals surface area (Å²) in [5, 5.41) is 0. The molecule has 26 heavy (non-hydrogen) atoms. The van der Waals surface area contributed by atoms with E-state index in [0.29, 0.717) is 18.0 Å². The molecule has 1 saturated heterocycles. The number of rotatable bonds is 3. The average molecular weight is 353 g/mol. The first kappa shape index (κ1) is 16.6. The number of carbonyl (C=O) groups is 1. The molecule has 1 N–H and O–H groups in total. The highest BCUT2D eigenvalue weighted by Crippen LogP contribution is 2.29. The number of carbonyl (C=O) groups excluding carboxylic acids is 1. The van der Waals surface area contributed by atoms with E-state index in [4.69, 9.17) is 4.74 Å². The minimum absolute atomic E-state index is 0.0504. The molecule has 0 saturated carbocycles. The Morgan fingerprint density at radius 1 is 1.27 bits per heavy atom. The number of aromatic amines is 1. The molecule has 2 aromatic heterocycles. The Balaban J connectivity index is 1.54. The number of nitrogens with one attached hydrogen (secondary N) is 1. The number of piperidine rings is 1. The maximum atomic E-state index is 13.1. The van der Waals surface area contributed by atoms with Crippen LogP contribution in [0.4, 0.5) is 4.39 Å². The quantitative estimate of drug-likeness (QED) is 0.780. The number of H-pyrrole nitrogens is 1. The summed E-state index contributed by atoms with van der Waals surface area (Å²) in [4.78, 5) is 22.4. The van der Waals surface area contributed by atoms with Gasteiger partial charge >= 0.3 is 0 Å². The first-order valence-electron chi connectivity index (χ1n) is 8.72. The Morgan fingerprint density at radius 2 is 2.08 bits per heavy atom. The number of fused-ring (bicyclic) bond motifs is 1. The van der Waals surface area contributed by atoms with E-state index in [1.807, 2.05) is 23.1 Å². The molecule has 1 amide bonds. The summed E-state index contributed by atoms with van der Waals surface area (Å²) in [6, 6.07) is 11.6. The van der Waals surface area contributed by atoms with Crippen LogP contribution < -0.4 is 4.74 Å². The van der Waals surface area contributed by atoms with Crippen LogP contribution in [0.15, 0.2) is 42.5 Å². The number of halogens is 1. The zero-order valence-corrected chi connectivity index (χ0v) is 14.5. The highest BCUT2D eigenvalue weighted by Gasteiger charge is 2.26. The molecule has 134 valence electrons. The third-order valence-corrected chi connectivity index (χ3v) is 4.92. The number of benzene rings is 1. The fourth-order valence-corrected chi connectivity index (χ4v) is 3.53. The van der Waals surface area contributed by atoms with Crippen molar-refractivity contribution in [1.82, 2.24) is 14.9 Å². The zero-order chi connectivity index (χ0) is 18.1. The second kappa shape index (κ2) is 6.78. The monoisotopic (exact) mass is 353 g/mol. The van der Waals surface area contributed by atoms with E-state index in [0.717, 1.165) is 36.1 Å². The maximum absolute atomic E-state index is 13.1.